The minimum Gasteiger partial charge on any atom is -0.460 e. The highest BCUT2D eigenvalue weighted by Crippen LogP contribution is 2.27. The van der Waals surface area contributed by atoms with E-state index in [9.17, 15) is 24.0 Å². The predicted octanol–water partition coefficient (Wildman–Crippen LogP) is 5.75. The molecule has 1 unspecified atom stereocenters. The maximum atomic E-state index is 14.0. The zero-order valence-corrected chi connectivity index (χ0v) is 34.4. The molecule has 2 fully saturated rings. The lowest BCUT2D eigenvalue weighted by Crippen LogP contribution is -2.62. The van der Waals surface area contributed by atoms with Gasteiger partial charge in [-0.05, 0) is 82.4 Å². The van der Waals surface area contributed by atoms with Gasteiger partial charge < -0.3 is 24.8 Å². The molecular formula is C39H52Cl3N5O8. The Bertz CT molecular complexity index is 1730. The molecule has 3 N–H and O–H groups in total. The first-order valence-corrected chi connectivity index (χ1v) is 19.7. The lowest BCUT2D eigenvalue weighted by atomic mass is 9.89. The van der Waals surface area contributed by atoms with E-state index in [4.69, 9.17) is 49.0 Å². The summed E-state index contributed by atoms with van der Waals surface area (Å²) in [5, 5.41) is 8.11. The van der Waals surface area contributed by atoms with Gasteiger partial charge in [-0.3, -0.25) is 29.0 Å². The number of hydrogen-bond donors (Lipinski definition) is 3. The summed E-state index contributed by atoms with van der Waals surface area (Å²) in [5.74, 6) is -2.54. The number of hydrogen-bond acceptors (Lipinski definition) is 10. The summed E-state index contributed by atoms with van der Waals surface area (Å²) in [6.45, 7) is 11.2. The van der Waals surface area contributed by atoms with Gasteiger partial charge in [0.05, 0.1) is 16.6 Å². The molecular weight excluding hydrogens is 773 g/mol. The quantitative estimate of drug-likeness (QED) is 0.158. The summed E-state index contributed by atoms with van der Waals surface area (Å²) in [5.41, 5.74) is 4.04. The smallest absolute Gasteiger partial charge is 0.325 e. The van der Waals surface area contributed by atoms with E-state index >= 15 is 0 Å². The summed E-state index contributed by atoms with van der Waals surface area (Å²) in [6.07, 6.45) is 5.80. The number of rotatable bonds is 14. The van der Waals surface area contributed by atoms with Crippen molar-refractivity contribution in [1.82, 2.24) is 26.1 Å². The second-order valence-electron chi connectivity index (χ2n) is 15.1. The van der Waals surface area contributed by atoms with E-state index in [0.29, 0.717) is 50.2 Å². The lowest BCUT2D eigenvalue weighted by molar-refractivity contribution is -0.153. The Balaban J connectivity index is 1.46. The van der Waals surface area contributed by atoms with Crippen molar-refractivity contribution in [3.8, 4) is 0 Å². The number of amides is 3. The molecule has 2 saturated heterocycles. The van der Waals surface area contributed by atoms with Crippen LogP contribution in [0.4, 0.5) is 0 Å². The lowest BCUT2D eigenvalue weighted by Gasteiger charge is -2.37. The highest BCUT2D eigenvalue weighted by molar-refractivity contribution is 6.67. The van der Waals surface area contributed by atoms with Gasteiger partial charge in [0.15, 0.2) is 0 Å². The number of hydrazine groups is 1. The first-order chi connectivity index (χ1) is 25.8. The van der Waals surface area contributed by atoms with E-state index in [1.807, 2.05) is 50.3 Å². The standard InChI is InChI=1S/C39H52Cl3N5O8/c1-23(2)33(45-37(52)38(5,6)16-13-26-9-10-28-11-12-29(43-31(28)20-26)24(3)55-25(4)48)34(49)44-32(21-27-14-18-53-19-15-27)35(50)47-17-7-8-30(46-47)36(51)54-22-39(40,41)42/h9-13,16,20,23-24,27,30,32-33,46H,7-8,14-15,17-19,21-22H2,1-6H3,(H,44,49)(H,45,52)/b16-13+/t24-,30+,32?,33+/m1/s1. The molecule has 3 heterocycles. The van der Waals surface area contributed by atoms with Crippen molar-refractivity contribution >= 4 is 81.4 Å². The van der Waals surface area contributed by atoms with Gasteiger partial charge in [-0.15, -0.1) is 0 Å². The monoisotopic (exact) mass is 823 g/mol. The number of carbonyl (C=O) groups is 5. The molecule has 1 aromatic heterocycles. The number of benzene rings is 1. The number of alkyl halides is 3. The average Bonchev–Trinajstić information content (AvgIpc) is 3.13. The summed E-state index contributed by atoms with van der Waals surface area (Å²) in [6, 6.07) is 6.71. The number of esters is 2. The van der Waals surface area contributed by atoms with Crippen molar-refractivity contribution in [2.24, 2.45) is 17.3 Å². The molecule has 2 aliphatic rings. The van der Waals surface area contributed by atoms with Crippen molar-refractivity contribution in [2.75, 3.05) is 26.4 Å². The van der Waals surface area contributed by atoms with Gasteiger partial charge in [0.2, 0.25) is 15.6 Å². The van der Waals surface area contributed by atoms with Crippen LogP contribution in [0.15, 0.2) is 36.4 Å². The highest BCUT2D eigenvalue weighted by Gasteiger charge is 2.38. The van der Waals surface area contributed by atoms with Gasteiger partial charge in [-0.2, -0.15) is 0 Å². The van der Waals surface area contributed by atoms with E-state index in [0.717, 1.165) is 23.8 Å². The number of aromatic nitrogens is 1. The number of ether oxygens (including phenoxy) is 3. The minimum absolute atomic E-state index is 0.114. The third-order valence-electron chi connectivity index (χ3n) is 9.65. The Hall–Kier alpha value is -3.49. The van der Waals surface area contributed by atoms with Gasteiger partial charge in [-0.1, -0.05) is 79.0 Å². The van der Waals surface area contributed by atoms with Crippen LogP contribution in [0.1, 0.15) is 91.0 Å². The Morgan fingerprint density at radius 2 is 1.73 bits per heavy atom. The fraction of sp³-hybridized carbons (Fsp3) is 0.590. The van der Waals surface area contributed by atoms with E-state index in [1.165, 1.54) is 11.9 Å². The normalized spacial score (nSPS) is 18.8. The molecule has 4 rings (SSSR count). The maximum Gasteiger partial charge on any atom is 0.325 e. The van der Waals surface area contributed by atoms with Crippen LogP contribution < -0.4 is 16.1 Å². The molecule has 0 radical (unpaired) electrons. The number of nitrogens with one attached hydrogen (secondary N) is 3. The number of carbonyl (C=O) groups excluding carboxylic acids is 5. The topological polar surface area (TPSA) is 165 Å². The SMILES string of the molecule is CC(=O)O[C@H](C)c1ccc2ccc(/C=C/C(C)(C)C(=O)N[C@H](C(=O)NC(CC3CCOCC3)C(=O)N3CCC[C@@H](C(=O)OCC(Cl)(Cl)Cl)N3)C(C)C)cc2n1. The summed E-state index contributed by atoms with van der Waals surface area (Å²) < 4.78 is 14.2. The third-order valence-corrected chi connectivity index (χ3v) is 9.98. The molecule has 302 valence electrons. The molecule has 2 aliphatic heterocycles. The second kappa shape index (κ2) is 19.6. The van der Waals surface area contributed by atoms with Crippen LogP contribution in [0.25, 0.3) is 17.0 Å². The number of fused-ring (bicyclic) bond motifs is 1. The van der Waals surface area contributed by atoms with Gasteiger partial charge in [0, 0.05) is 32.1 Å². The summed E-state index contributed by atoms with van der Waals surface area (Å²) >= 11 is 17.2. The van der Waals surface area contributed by atoms with Crippen LogP contribution in [0, 0.1) is 17.3 Å². The number of halogens is 3. The average molecular weight is 825 g/mol. The highest BCUT2D eigenvalue weighted by atomic mass is 35.6. The molecule has 1 aromatic carbocycles. The van der Waals surface area contributed by atoms with Crippen LogP contribution in [-0.2, 0) is 38.2 Å². The summed E-state index contributed by atoms with van der Waals surface area (Å²) in [7, 11) is 0. The van der Waals surface area contributed by atoms with Crippen molar-refractivity contribution < 1.29 is 38.2 Å². The van der Waals surface area contributed by atoms with Crippen LogP contribution in [0.2, 0.25) is 0 Å². The van der Waals surface area contributed by atoms with Crippen molar-refractivity contribution in [2.45, 2.75) is 102 Å². The van der Waals surface area contributed by atoms with E-state index in [2.05, 4.69) is 21.0 Å². The van der Waals surface area contributed by atoms with Gasteiger partial charge in [-0.25, -0.2) is 10.4 Å². The minimum atomic E-state index is -1.78. The molecule has 13 nitrogen and oxygen atoms in total. The van der Waals surface area contributed by atoms with Crippen molar-refractivity contribution in [3.63, 3.8) is 0 Å². The van der Waals surface area contributed by atoms with Crippen molar-refractivity contribution in [3.05, 3.63) is 47.7 Å². The van der Waals surface area contributed by atoms with E-state index in [-0.39, 0.29) is 17.7 Å². The molecule has 4 atom stereocenters. The Morgan fingerprint density at radius 3 is 2.38 bits per heavy atom. The Labute approximate surface area is 337 Å². The molecule has 0 saturated carbocycles. The van der Waals surface area contributed by atoms with E-state index < -0.39 is 63.8 Å². The van der Waals surface area contributed by atoms with Crippen molar-refractivity contribution in [1.29, 1.82) is 0 Å². The van der Waals surface area contributed by atoms with Crippen LogP contribution >= 0.6 is 34.8 Å². The zero-order chi connectivity index (χ0) is 40.5. The van der Waals surface area contributed by atoms with Gasteiger partial charge in [0.25, 0.3) is 5.91 Å². The second-order valence-corrected chi connectivity index (χ2v) is 17.6. The first-order valence-electron chi connectivity index (χ1n) is 18.6. The Morgan fingerprint density at radius 1 is 1.04 bits per heavy atom. The molecule has 55 heavy (non-hydrogen) atoms. The molecule has 0 aliphatic carbocycles. The van der Waals surface area contributed by atoms with Gasteiger partial charge in [0.1, 0.15) is 30.8 Å². The van der Waals surface area contributed by atoms with E-state index in [1.54, 1.807) is 26.8 Å². The largest absolute Gasteiger partial charge is 0.460 e. The third kappa shape index (κ3) is 13.3. The first kappa shape index (κ1) is 44.2. The molecule has 3 amide bonds. The fourth-order valence-corrected chi connectivity index (χ4v) is 6.55. The molecule has 0 bridgehead atoms. The molecule has 0 spiro atoms. The van der Waals surface area contributed by atoms with Crippen LogP contribution in [0.5, 0.6) is 0 Å². The fourth-order valence-electron chi connectivity index (χ4n) is 6.39. The number of pyridine rings is 1. The number of nitrogens with zero attached hydrogens (tertiary/aromatic N) is 2. The van der Waals surface area contributed by atoms with Crippen LogP contribution in [0.3, 0.4) is 0 Å². The maximum absolute atomic E-state index is 14.0. The zero-order valence-electron chi connectivity index (χ0n) is 32.2. The molecule has 16 heteroatoms. The Kier molecular flexibility index (Phi) is 15.7. The predicted molar refractivity (Wildman–Crippen MR) is 211 cm³/mol. The molecule has 2 aromatic rings. The van der Waals surface area contributed by atoms with Crippen LogP contribution in [-0.4, -0.2) is 87.9 Å². The summed E-state index contributed by atoms with van der Waals surface area (Å²) in [4.78, 5) is 70.6. The van der Waals surface area contributed by atoms with Gasteiger partial charge >= 0.3 is 11.9 Å².